The van der Waals surface area contributed by atoms with Crippen LogP contribution < -0.4 is 5.32 Å². The molecule has 0 saturated heterocycles. The molecule has 2 rings (SSSR count). The highest BCUT2D eigenvalue weighted by Crippen LogP contribution is 2.12. The van der Waals surface area contributed by atoms with Gasteiger partial charge in [-0.1, -0.05) is 18.2 Å². The monoisotopic (exact) mass is 216 g/mol. The van der Waals surface area contributed by atoms with E-state index in [0.717, 1.165) is 6.20 Å². The zero-order chi connectivity index (χ0) is 11.4. The van der Waals surface area contributed by atoms with Crippen molar-refractivity contribution in [1.82, 2.24) is 4.98 Å². The Bertz CT molecular complexity index is 499. The lowest BCUT2D eigenvalue weighted by Gasteiger charge is -2.05. The van der Waals surface area contributed by atoms with E-state index >= 15 is 0 Å². The molecule has 0 aliphatic rings. The van der Waals surface area contributed by atoms with Gasteiger partial charge in [-0.25, -0.2) is 4.39 Å². The first-order valence-electron chi connectivity index (χ1n) is 4.73. The number of halogens is 1. The van der Waals surface area contributed by atoms with Gasteiger partial charge in [0.15, 0.2) is 5.82 Å². The Balaban J connectivity index is 2.18. The fourth-order valence-electron chi connectivity index (χ4n) is 1.26. The molecule has 1 N–H and O–H groups in total. The standard InChI is InChI=1S/C12H9FN2O/c13-10-8-14-7-6-11(10)15-12(16)9-4-2-1-3-5-9/h1-8H,(H,14,15,16). The van der Waals surface area contributed by atoms with Crippen molar-refractivity contribution in [3.05, 3.63) is 60.2 Å². The Morgan fingerprint density at radius 2 is 1.94 bits per heavy atom. The molecule has 1 amide bonds. The summed E-state index contributed by atoms with van der Waals surface area (Å²) in [6, 6.07) is 10.0. The minimum Gasteiger partial charge on any atom is -0.319 e. The first kappa shape index (κ1) is 10.3. The molecule has 0 saturated carbocycles. The van der Waals surface area contributed by atoms with Crippen LogP contribution in [0.25, 0.3) is 0 Å². The van der Waals surface area contributed by atoms with Gasteiger partial charge in [0.05, 0.1) is 11.9 Å². The van der Waals surface area contributed by atoms with Crippen molar-refractivity contribution < 1.29 is 9.18 Å². The number of aromatic nitrogens is 1. The third-order valence-corrected chi connectivity index (χ3v) is 2.06. The van der Waals surface area contributed by atoms with Gasteiger partial charge in [-0.2, -0.15) is 0 Å². The van der Waals surface area contributed by atoms with Crippen molar-refractivity contribution in [2.45, 2.75) is 0 Å². The topological polar surface area (TPSA) is 42.0 Å². The van der Waals surface area contributed by atoms with Crippen LogP contribution in [0, 0.1) is 5.82 Å². The number of rotatable bonds is 2. The summed E-state index contributed by atoms with van der Waals surface area (Å²) in [6.07, 6.45) is 2.48. The van der Waals surface area contributed by atoms with E-state index in [1.807, 2.05) is 6.07 Å². The lowest BCUT2D eigenvalue weighted by molar-refractivity contribution is 0.102. The molecule has 0 fully saturated rings. The van der Waals surface area contributed by atoms with E-state index in [1.165, 1.54) is 12.3 Å². The predicted octanol–water partition coefficient (Wildman–Crippen LogP) is 2.47. The van der Waals surface area contributed by atoms with Gasteiger partial charge in [-0.15, -0.1) is 0 Å². The van der Waals surface area contributed by atoms with E-state index in [2.05, 4.69) is 10.3 Å². The Kier molecular flexibility index (Phi) is 2.91. The first-order valence-corrected chi connectivity index (χ1v) is 4.73. The highest BCUT2D eigenvalue weighted by Gasteiger charge is 2.07. The number of anilines is 1. The van der Waals surface area contributed by atoms with Crippen molar-refractivity contribution >= 4 is 11.6 Å². The minimum absolute atomic E-state index is 0.129. The van der Waals surface area contributed by atoms with Crippen molar-refractivity contribution in [1.29, 1.82) is 0 Å². The molecule has 2 aromatic rings. The van der Waals surface area contributed by atoms with Gasteiger partial charge in [0.25, 0.3) is 5.91 Å². The highest BCUT2D eigenvalue weighted by molar-refractivity contribution is 6.04. The van der Waals surface area contributed by atoms with E-state index in [0.29, 0.717) is 5.56 Å². The SMILES string of the molecule is O=C(Nc1ccncc1F)c1ccccc1. The number of pyridine rings is 1. The molecule has 0 bridgehead atoms. The fraction of sp³-hybridized carbons (Fsp3) is 0. The first-order chi connectivity index (χ1) is 7.77. The van der Waals surface area contributed by atoms with Gasteiger partial charge in [-0.05, 0) is 18.2 Å². The number of carbonyl (C=O) groups excluding carboxylic acids is 1. The average molecular weight is 216 g/mol. The molecule has 3 nitrogen and oxygen atoms in total. The number of hydrogen-bond donors (Lipinski definition) is 1. The molecule has 0 aliphatic heterocycles. The average Bonchev–Trinajstić information content (AvgIpc) is 2.33. The molecule has 0 radical (unpaired) electrons. The molecule has 1 heterocycles. The Morgan fingerprint density at radius 3 is 2.62 bits per heavy atom. The number of amides is 1. The summed E-state index contributed by atoms with van der Waals surface area (Å²) in [5, 5.41) is 2.47. The van der Waals surface area contributed by atoms with E-state index in [4.69, 9.17) is 0 Å². The maximum Gasteiger partial charge on any atom is 0.255 e. The van der Waals surface area contributed by atoms with Crippen LogP contribution >= 0.6 is 0 Å². The summed E-state index contributed by atoms with van der Waals surface area (Å²) >= 11 is 0. The molecule has 1 aromatic heterocycles. The van der Waals surface area contributed by atoms with Crippen molar-refractivity contribution in [3.8, 4) is 0 Å². The third-order valence-electron chi connectivity index (χ3n) is 2.06. The van der Waals surface area contributed by atoms with Crippen LogP contribution in [-0.4, -0.2) is 10.9 Å². The Morgan fingerprint density at radius 1 is 1.19 bits per heavy atom. The molecule has 16 heavy (non-hydrogen) atoms. The maximum atomic E-state index is 13.2. The molecule has 0 spiro atoms. The van der Waals surface area contributed by atoms with Crippen LogP contribution in [0.4, 0.5) is 10.1 Å². The normalized spacial score (nSPS) is 9.81. The number of nitrogens with zero attached hydrogens (tertiary/aromatic N) is 1. The van der Waals surface area contributed by atoms with Crippen LogP contribution in [0.5, 0.6) is 0 Å². The second-order valence-electron chi connectivity index (χ2n) is 3.18. The summed E-state index contributed by atoms with van der Waals surface area (Å²) < 4.78 is 13.2. The number of nitrogens with one attached hydrogen (secondary N) is 1. The molecule has 0 unspecified atom stereocenters. The van der Waals surface area contributed by atoms with E-state index in [1.54, 1.807) is 24.3 Å². The summed E-state index contributed by atoms with van der Waals surface area (Å²) in [5.41, 5.74) is 0.613. The van der Waals surface area contributed by atoms with Crippen LogP contribution in [0.1, 0.15) is 10.4 Å². The molecule has 4 heteroatoms. The van der Waals surface area contributed by atoms with E-state index in [9.17, 15) is 9.18 Å². The highest BCUT2D eigenvalue weighted by atomic mass is 19.1. The predicted molar refractivity (Wildman–Crippen MR) is 58.6 cm³/mol. The molecule has 0 atom stereocenters. The van der Waals surface area contributed by atoms with Gasteiger partial charge >= 0.3 is 0 Å². The second kappa shape index (κ2) is 4.53. The van der Waals surface area contributed by atoms with E-state index in [-0.39, 0.29) is 11.6 Å². The fourth-order valence-corrected chi connectivity index (χ4v) is 1.26. The lowest BCUT2D eigenvalue weighted by atomic mass is 10.2. The lowest BCUT2D eigenvalue weighted by Crippen LogP contribution is -2.12. The van der Waals surface area contributed by atoms with Crippen LogP contribution in [-0.2, 0) is 0 Å². The largest absolute Gasteiger partial charge is 0.319 e. The van der Waals surface area contributed by atoms with Gasteiger partial charge in [0, 0.05) is 11.8 Å². The molecule has 80 valence electrons. The molecule has 1 aromatic carbocycles. The van der Waals surface area contributed by atoms with Crippen LogP contribution in [0.2, 0.25) is 0 Å². The van der Waals surface area contributed by atoms with Crippen LogP contribution in [0.15, 0.2) is 48.8 Å². The Labute approximate surface area is 92.0 Å². The van der Waals surface area contributed by atoms with Gasteiger partial charge < -0.3 is 5.32 Å². The summed E-state index contributed by atoms with van der Waals surface area (Å²) in [7, 11) is 0. The van der Waals surface area contributed by atoms with Gasteiger partial charge in [0.2, 0.25) is 0 Å². The quantitative estimate of drug-likeness (QED) is 0.837. The molecular formula is C12H9FN2O. The number of carbonyl (C=O) groups is 1. The smallest absolute Gasteiger partial charge is 0.255 e. The summed E-state index contributed by atoms with van der Waals surface area (Å²) in [5.74, 6) is -0.891. The zero-order valence-electron chi connectivity index (χ0n) is 8.35. The van der Waals surface area contributed by atoms with E-state index < -0.39 is 5.82 Å². The Hall–Kier alpha value is -2.23. The summed E-state index contributed by atoms with van der Waals surface area (Å²) in [4.78, 5) is 15.3. The zero-order valence-corrected chi connectivity index (χ0v) is 8.35. The summed E-state index contributed by atoms with van der Waals surface area (Å²) in [6.45, 7) is 0. The van der Waals surface area contributed by atoms with Crippen molar-refractivity contribution in [3.63, 3.8) is 0 Å². The van der Waals surface area contributed by atoms with Gasteiger partial charge in [-0.3, -0.25) is 9.78 Å². The number of hydrogen-bond acceptors (Lipinski definition) is 2. The van der Waals surface area contributed by atoms with Crippen molar-refractivity contribution in [2.75, 3.05) is 5.32 Å². The number of benzene rings is 1. The second-order valence-corrected chi connectivity index (χ2v) is 3.18. The molecular weight excluding hydrogens is 207 g/mol. The molecule has 0 aliphatic carbocycles. The van der Waals surface area contributed by atoms with Crippen LogP contribution in [0.3, 0.4) is 0 Å². The van der Waals surface area contributed by atoms with Crippen molar-refractivity contribution in [2.24, 2.45) is 0 Å². The maximum absolute atomic E-state index is 13.2. The third kappa shape index (κ3) is 2.23. The van der Waals surface area contributed by atoms with Gasteiger partial charge in [0.1, 0.15) is 0 Å². The minimum atomic E-state index is -0.549.